The molecule has 0 bridgehead atoms. The van der Waals surface area contributed by atoms with Crippen LogP contribution in [0.25, 0.3) is 0 Å². The van der Waals surface area contributed by atoms with Crippen molar-refractivity contribution in [3.8, 4) is 0 Å². The van der Waals surface area contributed by atoms with Gasteiger partial charge in [0, 0.05) is 25.0 Å². The van der Waals surface area contributed by atoms with Gasteiger partial charge in [-0.25, -0.2) is 8.42 Å². The predicted molar refractivity (Wildman–Crippen MR) is 100 cm³/mol. The van der Waals surface area contributed by atoms with Crippen molar-refractivity contribution in [3.63, 3.8) is 0 Å². The van der Waals surface area contributed by atoms with Crippen molar-refractivity contribution in [1.29, 1.82) is 0 Å². The van der Waals surface area contributed by atoms with E-state index in [1.54, 1.807) is 0 Å². The second kappa shape index (κ2) is 7.27. The molecule has 1 aliphatic rings. The third-order valence-electron chi connectivity index (χ3n) is 4.44. The highest BCUT2D eigenvalue weighted by atomic mass is 32.2. The fourth-order valence-electron chi connectivity index (χ4n) is 2.99. The summed E-state index contributed by atoms with van der Waals surface area (Å²) in [6.07, 6.45) is 0.409. The van der Waals surface area contributed by atoms with E-state index in [9.17, 15) is 13.2 Å². The molecule has 0 saturated carbocycles. The summed E-state index contributed by atoms with van der Waals surface area (Å²) < 4.78 is 23.0. The Kier molecular flexibility index (Phi) is 5.08. The molecule has 0 aliphatic carbocycles. The summed E-state index contributed by atoms with van der Waals surface area (Å²) >= 11 is 0. The van der Waals surface area contributed by atoms with Gasteiger partial charge in [0.15, 0.2) is 9.84 Å². The third kappa shape index (κ3) is 4.60. The van der Waals surface area contributed by atoms with Crippen LogP contribution >= 0.6 is 0 Å². The number of sulfone groups is 1. The van der Waals surface area contributed by atoms with E-state index in [1.807, 2.05) is 49.5 Å². The first-order valence-corrected chi connectivity index (χ1v) is 10.1. The number of rotatable bonds is 5. The quantitative estimate of drug-likeness (QED) is 0.892. The van der Waals surface area contributed by atoms with Crippen LogP contribution < -0.4 is 10.2 Å². The van der Waals surface area contributed by atoms with E-state index in [2.05, 4.69) is 22.3 Å². The molecular formula is C19H22N2O3S. The lowest BCUT2D eigenvalue weighted by Gasteiger charge is -2.20. The Bertz CT molecular complexity index is 833. The lowest BCUT2D eigenvalue weighted by Crippen LogP contribution is -2.23. The Hall–Kier alpha value is -2.34. The number of benzene rings is 2. The zero-order valence-corrected chi connectivity index (χ0v) is 15.0. The highest BCUT2D eigenvalue weighted by Crippen LogP contribution is 2.22. The molecule has 2 aromatic rings. The van der Waals surface area contributed by atoms with Crippen molar-refractivity contribution in [2.24, 2.45) is 5.92 Å². The topological polar surface area (TPSA) is 66.5 Å². The molecule has 1 atom stereocenters. The summed E-state index contributed by atoms with van der Waals surface area (Å²) in [5.41, 5.74) is 2.96. The minimum Gasteiger partial charge on any atom is -0.370 e. The van der Waals surface area contributed by atoms with Gasteiger partial charge in [-0.1, -0.05) is 30.3 Å². The van der Waals surface area contributed by atoms with E-state index in [0.29, 0.717) is 12.1 Å². The number of nitrogens with zero attached hydrogens (tertiary/aromatic N) is 1. The summed E-state index contributed by atoms with van der Waals surface area (Å²) in [4.78, 5) is 14.3. The van der Waals surface area contributed by atoms with Gasteiger partial charge in [-0.2, -0.15) is 0 Å². The predicted octanol–water partition coefficient (Wildman–Crippen LogP) is 2.70. The molecule has 25 heavy (non-hydrogen) atoms. The average molecular weight is 358 g/mol. The van der Waals surface area contributed by atoms with Gasteiger partial charge in [-0.15, -0.1) is 0 Å². The van der Waals surface area contributed by atoms with Gasteiger partial charge in [0.1, 0.15) is 0 Å². The van der Waals surface area contributed by atoms with Crippen molar-refractivity contribution in [2.45, 2.75) is 13.0 Å². The molecule has 1 unspecified atom stereocenters. The van der Waals surface area contributed by atoms with Crippen LogP contribution in [0.2, 0.25) is 0 Å². The van der Waals surface area contributed by atoms with Crippen molar-refractivity contribution >= 4 is 27.1 Å². The Morgan fingerprint density at radius 3 is 2.40 bits per heavy atom. The van der Waals surface area contributed by atoms with Crippen LogP contribution in [-0.4, -0.2) is 32.9 Å². The fraction of sp³-hybridized carbons (Fsp3) is 0.316. The highest BCUT2D eigenvalue weighted by molar-refractivity contribution is 7.91. The summed E-state index contributed by atoms with van der Waals surface area (Å²) in [7, 11) is -1.03. The lowest BCUT2D eigenvalue weighted by atomic mass is 10.1. The minimum absolute atomic E-state index is 0.0449. The second-order valence-electron chi connectivity index (χ2n) is 6.48. The van der Waals surface area contributed by atoms with Crippen LogP contribution in [0.3, 0.4) is 0 Å². The standard InChI is InChI=1S/C19H22N2O3S/c1-21(13-15-5-3-2-4-6-15)18-9-7-17(8-10-18)20-19(22)16-11-12-25(23,24)14-16/h2-10,16H,11-14H2,1H3,(H,20,22). The maximum Gasteiger partial charge on any atom is 0.228 e. The first-order chi connectivity index (χ1) is 11.9. The molecular weight excluding hydrogens is 336 g/mol. The minimum atomic E-state index is -3.05. The molecule has 3 rings (SSSR count). The van der Waals surface area contributed by atoms with E-state index < -0.39 is 15.8 Å². The molecule has 6 heteroatoms. The van der Waals surface area contributed by atoms with Crippen LogP contribution in [0.4, 0.5) is 11.4 Å². The third-order valence-corrected chi connectivity index (χ3v) is 6.21. The number of amides is 1. The van der Waals surface area contributed by atoms with Crippen LogP contribution in [0, 0.1) is 5.92 Å². The average Bonchev–Trinajstić information content (AvgIpc) is 2.96. The molecule has 132 valence electrons. The van der Waals surface area contributed by atoms with Gasteiger partial charge >= 0.3 is 0 Å². The van der Waals surface area contributed by atoms with Gasteiger partial charge < -0.3 is 10.2 Å². The number of carbonyl (C=O) groups excluding carboxylic acids is 1. The summed E-state index contributed by atoms with van der Waals surface area (Å²) in [6, 6.07) is 17.8. The molecule has 1 fully saturated rings. The van der Waals surface area contributed by atoms with Crippen molar-refractivity contribution in [1.82, 2.24) is 0 Å². The van der Waals surface area contributed by atoms with Gasteiger partial charge in [0.05, 0.1) is 17.4 Å². The molecule has 5 nitrogen and oxygen atoms in total. The first-order valence-electron chi connectivity index (χ1n) is 8.29. The van der Waals surface area contributed by atoms with Gasteiger partial charge in [0.2, 0.25) is 5.91 Å². The Balaban J connectivity index is 1.59. The summed E-state index contributed by atoms with van der Waals surface area (Å²) in [6.45, 7) is 0.798. The zero-order chi connectivity index (χ0) is 17.9. The monoisotopic (exact) mass is 358 g/mol. The Labute approximate surface area is 148 Å². The molecule has 1 amide bonds. The molecule has 1 heterocycles. The molecule has 2 aromatic carbocycles. The van der Waals surface area contributed by atoms with Crippen molar-refractivity contribution in [3.05, 3.63) is 60.2 Å². The summed E-state index contributed by atoms with van der Waals surface area (Å²) in [5.74, 6) is -0.595. The number of hydrogen-bond acceptors (Lipinski definition) is 4. The fourth-order valence-corrected chi connectivity index (χ4v) is 4.74. The Morgan fingerprint density at radius 2 is 1.80 bits per heavy atom. The van der Waals surface area contributed by atoms with E-state index in [4.69, 9.17) is 0 Å². The number of nitrogens with one attached hydrogen (secondary N) is 1. The smallest absolute Gasteiger partial charge is 0.228 e. The summed E-state index contributed by atoms with van der Waals surface area (Å²) in [5, 5.41) is 2.82. The maximum atomic E-state index is 12.2. The normalized spacial score (nSPS) is 18.7. The van der Waals surface area contributed by atoms with Crippen LogP contribution in [0.5, 0.6) is 0 Å². The number of carbonyl (C=O) groups is 1. The van der Waals surface area contributed by atoms with Crippen LogP contribution in [0.1, 0.15) is 12.0 Å². The lowest BCUT2D eigenvalue weighted by molar-refractivity contribution is -0.119. The largest absolute Gasteiger partial charge is 0.370 e. The molecule has 1 N–H and O–H groups in total. The molecule has 0 aromatic heterocycles. The maximum absolute atomic E-state index is 12.2. The highest BCUT2D eigenvalue weighted by Gasteiger charge is 2.32. The number of anilines is 2. The van der Waals surface area contributed by atoms with E-state index in [0.717, 1.165) is 12.2 Å². The molecule has 0 spiro atoms. The number of hydrogen-bond donors (Lipinski definition) is 1. The van der Waals surface area contributed by atoms with Gasteiger partial charge in [-0.3, -0.25) is 4.79 Å². The second-order valence-corrected chi connectivity index (χ2v) is 8.71. The van der Waals surface area contributed by atoms with Gasteiger partial charge in [0.25, 0.3) is 0 Å². The molecule has 1 aliphatic heterocycles. The van der Waals surface area contributed by atoms with Crippen molar-refractivity contribution in [2.75, 3.05) is 28.8 Å². The Morgan fingerprint density at radius 1 is 1.12 bits per heavy atom. The van der Waals surface area contributed by atoms with E-state index in [1.165, 1.54) is 5.56 Å². The van der Waals surface area contributed by atoms with Crippen molar-refractivity contribution < 1.29 is 13.2 Å². The SMILES string of the molecule is CN(Cc1ccccc1)c1ccc(NC(=O)C2CCS(=O)(=O)C2)cc1. The van der Waals surface area contributed by atoms with E-state index in [-0.39, 0.29) is 17.4 Å². The molecule has 0 radical (unpaired) electrons. The first kappa shape index (κ1) is 17.5. The van der Waals surface area contributed by atoms with Crippen LogP contribution in [-0.2, 0) is 21.2 Å². The van der Waals surface area contributed by atoms with Gasteiger partial charge in [-0.05, 0) is 36.2 Å². The molecule has 1 saturated heterocycles. The zero-order valence-electron chi connectivity index (χ0n) is 14.2. The van der Waals surface area contributed by atoms with Crippen LogP contribution in [0.15, 0.2) is 54.6 Å². The van der Waals surface area contributed by atoms with E-state index >= 15 is 0 Å².